The van der Waals surface area contributed by atoms with Crippen molar-refractivity contribution in [1.29, 1.82) is 0 Å². The van der Waals surface area contributed by atoms with Gasteiger partial charge >= 0.3 is 5.97 Å². The topological polar surface area (TPSA) is 66.8 Å². The van der Waals surface area contributed by atoms with Crippen LogP contribution in [0.1, 0.15) is 34.0 Å². The first-order valence-electron chi connectivity index (χ1n) is 11.3. The fourth-order valence-corrected chi connectivity index (χ4v) is 3.99. The predicted octanol–water partition coefficient (Wildman–Crippen LogP) is 5.74. The van der Waals surface area contributed by atoms with E-state index in [0.717, 1.165) is 16.3 Å². The molecule has 0 aliphatic rings. The van der Waals surface area contributed by atoms with Gasteiger partial charge in [-0.2, -0.15) is 0 Å². The fourth-order valence-electron chi connectivity index (χ4n) is 3.99. The number of ketones is 1. The normalized spacial score (nSPS) is 12.0. The third kappa shape index (κ3) is 6.31. The molecule has 4 rings (SSSR count). The summed E-state index contributed by atoms with van der Waals surface area (Å²) in [5.74, 6) is -0.863. The van der Waals surface area contributed by atoms with E-state index in [1.165, 1.54) is 12.1 Å². The van der Waals surface area contributed by atoms with Gasteiger partial charge in [-0.1, -0.05) is 60.7 Å². The molecule has 1 N–H and O–H groups in total. The molecule has 0 aliphatic carbocycles. The summed E-state index contributed by atoms with van der Waals surface area (Å²) in [6, 6.07) is 26.5. The maximum Gasteiger partial charge on any atom is 0.317 e. The Labute approximate surface area is 203 Å². The van der Waals surface area contributed by atoms with E-state index in [0.29, 0.717) is 29.8 Å². The van der Waals surface area contributed by atoms with Gasteiger partial charge in [-0.3, -0.25) is 14.5 Å². The number of halogens is 1. The van der Waals surface area contributed by atoms with E-state index in [2.05, 4.69) is 0 Å². The lowest BCUT2D eigenvalue weighted by Crippen LogP contribution is -2.28. The summed E-state index contributed by atoms with van der Waals surface area (Å²) in [6.07, 6.45) is 0.0380. The summed E-state index contributed by atoms with van der Waals surface area (Å²) >= 11 is 0. The van der Waals surface area contributed by atoms with Crippen molar-refractivity contribution in [3.63, 3.8) is 0 Å². The average Bonchev–Trinajstić information content (AvgIpc) is 2.86. The van der Waals surface area contributed by atoms with Gasteiger partial charge in [-0.15, -0.1) is 0 Å². The van der Waals surface area contributed by atoms with Crippen molar-refractivity contribution in [2.24, 2.45) is 0 Å². The average molecular weight is 472 g/mol. The molecule has 0 fully saturated rings. The van der Waals surface area contributed by atoms with Crippen LogP contribution in [-0.2, 0) is 4.79 Å². The van der Waals surface area contributed by atoms with Crippen molar-refractivity contribution in [1.82, 2.24) is 4.90 Å². The van der Waals surface area contributed by atoms with E-state index in [4.69, 9.17) is 9.84 Å². The van der Waals surface area contributed by atoms with Gasteiger partial charge in [0.25, 0.3) is 0 Å². The number of fused-ring (bicyclic) bond motifs is 1. The molecule has 0 saturated heterocycles. The van der Waals surface area contributed by atoms with Gasteiger partial charge in [-0.25, -0.2) is 4.39 Å². The number of nitrogens with zero attached hydrogens (tertiary/aromatic N) is 1. The summed E-state index contributed by atoms with van der Waals surface area (Å²) in [5, 5.41) is 11.1. The third-order valence-electron chi connectivity index (χ3n) is 5.81. The van der Waals surface area contributed by atoms with Gasteiger partial charge < -0.3 is 9.84 Å². The van der Waals surface area contributed by atoms with Gasteiger partial charge in [0.15, 0.2) is 5.78 Å². The Bertz CT molecular complexity index is 1340. The molecular formula is C29H26FNO4. The highest BCUT2D eigenvalue weighted by molar-refractivity contribution is 6.10. The molecule has 0 spiro atoms. The van der Waals surface area contributed by atoms with Crippen molar-refractivity contribution in [2.45, 2.75) is 12.5 Å². The number of carbonyl (C=O) groups excluding carboxylic acids is 1. The molecule has 0 heterocycles. The quantitative estimate of drug-likeness (QED) is 0.299. The standard InChI is InChI=1S/C29H26FNO4/c1-31(19-28(32)33)16-15-27(21-11-13-25(30)14-12-21)35-26-8-4-7-23(18-26)29(34)24-10-9-20-5-2-3-6-22(20)17-24/h2-14,17-18,27H,15-16,19H2,1H3,(H,32,33). The number of carboxylic acid groups (broad SMARTS) is 1. The van der Waals surface area contributed by atoms with Crippen molar-refractivity contribution < 1.29 is 23.8 Å². The van der Waals surface area contributed by atoms with E-state index in [1.54, 1.807) is 48.3 Å². The molecule has 178 valence electrons. The second-order valence-electron chi connectivity index (χ2n) is 8.50. The van der Waals surface area contributed by atoms with Crippen LogP contribution in [0.2, 0.25) is 0 Å². The number of rotatable bonds is 10. The second-order valence-corrected chi connectivity index (χ2v) is 8.50. The van der Waals surface area contributed by atoms with E-state index >= 15 is 0 Å². The lowest BCUT2D eigenvalue weighted by atomic mass is 10.00. The monoisotopic (exact) mass is 471 g/mol. The molecule has 0 aromatic heterocycles. The predicted molar refractivity (Wildman–Crippen MR) is 133 cm³/mol. The Balaban J connectivity index is 1.55. The van der Waals surface area contributed by atoms with Crippen LogP contribution in [0.4, 0.5) is 4.39 Å². The van der Waals surface area contributed by atoms with Gasteiger partial charge in [0.2, 0.25) is 0 Å². The first kappa shape index (κ1) is 24.1. The van der Waals surface area contributed by atoms with Crippen molar-refractivity contribution in [2.75, 3.05) is 20.1 Å². The summed E-state index contributed by atoms with van der Waals surface area (Å²) in [7, 11) is 1.72. The molecule has 0 saturated carbocycles. The Morgan fingerprint density at radius 2 is 1.60 bits per heavy atom. The SMILES string of the molecule is CN(CCC(Oc1cccc(C(=O)c2ccc3ccccc3c2)c1)c1ccc(F)cc1)CC(=O)O. The minimum absolute atomic E-state index is 0.0914. The first-order valence-corrected chi connectivity index (χ1v) is 11.3. The van der Waals surface area contributed by atoms with Crippen LogP contribution in [0.15, 0.2) is 91.0 Å². The maximum atomic E-state index is 13.5. The molecule has 6 heteroatoms. The zero-order valence-electron chi connectivity index (χ0n) is 19.4. The lowest BCUT2D eigenvalue weighted by molar-refractivity contribution is -0.138. The van der Waals surface area contributed by atoms with Crippen LogP contribution in [0.5, 0.6) is 5.75 Å². The van der Waals surface area contributed by atoms with E-state index in [1.807, 2.05) is 42.5 Å². The van der Waals surface area contributed by atoms with Gasteiger partial charge in [0.1, 0.15) is 17.7 Å². The minimum Gasteiger partial charge on any atom is -0.486 e. The van der Waals surface area contributed by atoms with Crippen LogP contribution in [0.3, 0.4) is 0 Å². The number of hydrogen-bond donors (Lipinski definition) is 1. The molecule has 1 unspecified atom stereocenters. The zero-order valence-corrected chi connectivity index (χ0v) is 19.4. The summed E-state index contributed by atoms with van der Waals surface area (Å²) in [4.78, 5) is 25.9. The Morgan fingerprint density at radius 3 is 2.34 bits per heavy atom. The van der Waals surface area contributed by atoms with Crippen molar-refractivity contribution in [3.8, 4) is 5.75 Å². The molecule has 0 amide bonds. The number of hydrogen-bond acceptors (Lipinski definition) is 4. The van der Waals surface area contributed by atoms with E-state index < -0.39 is 12.1 Å². The van der Waals surface area contributed by atoms with Crippen molar-refractivity contribution >= 4 is 22.5 Å². The molecule has 1 atom stereocenters. The summed E-state index contributed by atoms with van der Waals surface area (Å²) < 4.78 is 19.7. The molecule has 35 heavy (non-hydrogen) atoms. The summed E-state index contributed by atoms with van der Waals surface area (Å²) in [6.45, 7) is 0.371. The Kier molecular flexibility index (Phi) is 7.53. The first-order chi connectivity index (χ1) is 16.9. The lowest BCUT2D eigenvalue weighted by Gasteiger charge is -2.23. The van der Waals surface area contributed by atoms with E-state index in [9.17, 15) is 14.0 Å². The van der Waals surface area contributed by atoms with Gasteiger partial charge in [0, 0.05) is 24.1 Å². The zero-order chi connectivity index (χ0) is 24.8. The molecule has 0 bridgehead atoms. The number of carbonyl (C=O) groups is 2. The second kappa shape index (κ2) is 10.9. The highest BCUT2D eigenvalue weighted by Crippen LogP contribution is 2.27. The van der Waals surface area contributed by atoms with Crippen LogP contribution < -0.4 is 4.74 Å². The number of likely N-dealkylation sites (N-methyl/N-ethyl adjacent to an activating group) is 1. The van der Waals surface area contributed by atoms with Crippen molar-refractivity contribution in [3.05, 3.63) is 114 Å². The minimum atomic E-state index is -0.911. The smallest absolute Gasteiger partial charge is 0.317 e. The highest BCUT2D eigenvalue weighted by Gasteiger charge is 2.17. The third-order valence-corrected chi connectivity index (χ3v) is 5.81. The van der Waals surface area contributed by atoms with Crippen LogP contribution in [0.25, 0.3) is 10.8 Å². The van der Waals surface area contributed by atoms with E-state index in [-0.39, 0.29) is 18.1 Å². The van der Waals surface area contributed by atoms with Crippen LogP contribution in [-0.4, -0.2) is 41.9 Å². The van der Waals surface area contributed by atoms with Gasteiger partial charge in [-0.05, 0) is 53.7 Å². The van der Waals surface area contributed by atoms with Gasteiger partial charge in [0.05, 0.1) is 6.54 Å². The maximum absolute atomic E-state index is 13.5. The number of aliphatic carboxylic acids is 1. The molecular weight excluding hydrogens is 445 g/mol. The Hall–Kier alpha value is -4.03. The summed E-state index contributed by atoms with van der Waals surface area (Å²) in [5.41, 5.74) is 1.85. The number of ether oxygens (including phenoxy) is 1. The molecule has 5 nitrogen and oxygen atoms in total. The molecule has 4 aromatic carbocycles. The Morgan fingerprint density at radius 1 is 0.886 bits per heavy atom. The molecule has 0 aliphatic heterocycles. The highest BCUT2D eigenvalue weighted by atomic mass is 19.1. The molecule has 4 aromatic rings. The largest absolute Gasteiger partial charge is 0.486 e. The fraction of sp³-hybridized carbons (Fsp3) is 0.172. The number of benzene rings is 4. The molecule has 0 radical (unpaired) electrons. The number of carboxylic acids is 1. The van der Waals surface area contributed by atoms with Crippen LogP contribution in [0, 0.1) is 5.82 Å². The van der Waals surface area contributed by atoms with Crippen LogP contribution >= 0.6 is 0 Å².